The zero-order valence-electron chi connectivity index (χ0n) is 15.2. The van der Waals surface area contributed by atoms with Gasteiger partial charge in [0.05, 0.1) is 24.9 Å². The summed E-state index contributed by atoms with van der Waals surface area (Å²) in [6.07, 6.45) is 7.88. The molecule has 3 aliphatic rings. The fourth-order valence-corrected chi connectivity index (χ4v) is 4.50. The Morgan fingerprint density at radius 1 is 1.20 bits per heavy atom. The van der Waals surface area contributed by atoms with Crippen LogP contribution in [0.4, 0.5) is 5.82 Å². The minimum atomic E-state index is 0.265. The topological polar surface area (TPSA) is 62.3 Å². The van der Waals surface area contributed by atoms with E-state index in [4.69, 9.17) is 4.74 Å². The lowest BCUT2D eigenvalue weighted by molar-refractivity contribution is 0.122. The van der Waals surface area contributed by atoms with Crippen LogP contribution in [0.2, 0.25) is 0 Å². The third-order valence-corrected chi connectivity index (χ3v) is 5.69. The van der Waals surface area contributed by atoms with E-state index in [9.17, 15) is 0 Å². The molecule has 1 aromatic rings. The standard InChI is InChI=1S/C19H29N5O/c1-13(2)9-14-3-4-16-15(10-14)19(23-22-16)17-11-18(21-12-20-17)24-5-7-25-8-6-24/h9,11-12,14-16,19,22-23H,3-8,10H2,1-2H3. The minimum absolute atomic E-state index is 0.265. The molecule has 3 heterocycles. The zero-order valence-corrected chi connectivity index (χ0v) is 15.2. The van der Waals surface area contributed by atoms with Crippen LogP contribution in [0.1, 0.15) is 44.8 Å². The summed E-state index contributed by atoms with van der Waals surface area (Å²) in [6.45, 7) is 7.76. The van der Waals surface area contributed by atoms with Gasteiger partial charge >= 0.3 is 0 Å². The average Bonchev–Trinajstić information content (AvgIpc) is 3.05. The first-order valence-electron chi connectivity index (χ1n) is 9.51. The van der Waals surface area contributed by atoms with Gasteiger partial charge in [-0.3, -0.25) is 5.43 Å². The molecule has 6 nitrogen and oxygen atoms in total. The Kier molecular flexibility index (Phi) is 5.01. The number of nitrogens with zero attached hydrogens (tertiary/aromatic N) is 3. The maximum atomic E-state index is 5.45. The Morgan fingerprint density at radius 2 is 2.04 bits per heavy atom. The first-order valence-corrected chi connectivity index (χ1v) is 9.51. The molecule has 136 valence electrons. The number of fused-ring (bicyclic) bond motifs is 1. The number of hydrazine groups is 1. The fraction of sp³-hybridized carbons (Fsp3) is 0.684. The molecule has 2 N–H and O–H groups in total. The largest absolute Gasteiger partial charge is 0.378 e. The molecular weight excluding hydrogens is 314 g/mol. The van der Waals surface area contributed by atoms with Gasteiger partial charge in [0, 0.05) is 25.2 Å². The molecule has 1 saturated carbocycles. The SMILES string of the molecule is CC(C)=CC1CCC2NNC(c3cc(N4CCOCC4)ncn3)C2C1. The van der Waals surface area contributed by atoms with Crippen LogP contribution in [0.3, 0.4) is 0 Å². The molecule has 4 atom stereocenters. The van der Waals surface area contributed by atoms with Gasteiger partial charge in [-0.15, -0.1) is 0 Å². The predicted molar refractivity (Wildman–Crippen MR) is 98.1 cm³/mol. The van der Waals surface area contributed by atoms with Gasteiger partial charge < -0.3 is 9.64 Å². The molecule has 25 heavy (non-hydrogen) atoms. The Labute approximate surface area is 150 Å². The van der Waals surface area contributed by atoms with Crippen molar-refractivity contribution in [2.45, 2.75) is 45.2 Å². The molecule has 4 rings (SSSR count). The Morgan fingerprint density at radius 3 is 2.84 bits per heavy atom. The summed E-state index contributed by atoms with van der Waals surface area (Å²) in [4.78, 5) is 11.4. The van der Waals surface area contributed by atoms with Crippen LogP contribution in [0.5, 0.6) is 0 Å². The molecule has 0 spiro atoms. The van der Waals surface area contributed by atoms with E-state index >= 15 is 0 Å². The smallest absolute Gasteiger partial charge is 0.132 e. The maximum Gasteiger partial charge on any atom is 0.132 e. The van der Waals surface area contributed by atoms with Crippen molar-refractivity contribution >= 4 is 5.82 Å². The Bertz CT molecular complexity index is 624. The highest BCUT2D eigenvalue weighted by atomic mass is 16.5. The van der Waals surface area contributed by atoms with Crippen molar-refractivity contribution in [3.05, 3.63) is 29.7 Å². The summed E-state index contributed by atoms with van der Waals surface area (Å²) in [6, 6.07) is 2.98. The first kappa shape index (κ1) is 16.9. The van der Waals surface area contributed by atoms with Gasteiger partial charge in [0.1, 0.15) is 12.1 Å². The van der Waals surface area contributed by atoms with Gasteiger partial charge in [-0.1, -0.05) is 11.6 Å². The van der Waals surface area contributed by atoms with Crippen LogP contribution in [-0.2, 0) is 4.74 Å². The van der Waals surface area contributed by atoms with Crippen molar-refractivity contribution in [2.75, 3.05) is 31.2 Å². The lowest BCUT2D eigenvalue weighted by atomic mass is 9.75. The molecular formula is C19H29N5O. The Hall–Kier alpha value is -1.50. The number of ether oxygens (including phenoxy) is 1. The number of anilines is 1. The summed E-state index contributed by atoms with van der Waals surface area (Å²) in [7, 11) is 0. The summed E-state index contributed by atoms with van der Waals surface area (Å²) >= 11 is 0. The summed E-state index contributed by atoms with van der Waals surface area (Å²) in [5.41, 5.74) is 9.56. The van der Waals surface area contributed by atoms with E-state index < -0.39 is 0 Å². The quantitative estimate of drug-likeness (QED) is 0.821. The molecule has 6 heteroatoms. The van der Waals surface area contributed by atoms with Crippen LogP contribution < -0.4 is 15.8 Å². The molecule has 1 aromatic heterocycles. The van der Waals surface area contributed by atoms with E-state index in [2.05, 4.69) is 51.7 Å². The van der Waals surface area contributed by atoms with Crippen molar-refractivity contribution in [1.82, 2.24) is 20.8 Å². The van der Waals surface area contributed by atoms with Crippen LogP contribution in [-0.4, -0.2) is 42.3 Å². The van der Waals surface area contributed by atoms with Crippen molar-refractivity contribution in [1.29, 1.82) is 0 Å². The monoisotopic (exact) mass is 343 g/mol. The molecule has 4 unspecified atom stereocenters. The van der Waals surface area contributed by atoms with Gasteiger partial charge in [0.2, 0.25) is 0 Å². The number of nitrogens with one attached hydrogen (secondary N) is 2. The number of rotatable bonds is 3. The maximum absolute atomic E-state index is 5.45. The number of allylic oxidation sites excluding steroid dienone is 2. The average molecular weight is 343 g/mol. The fourth-order valence-electron chi connectivity index (χ4n) is 4.50. The summed E-state index contributed by atoms with van der Waals surface area (Å²) < 4.78 is 5.45. The van der Waals surface area contributed by atoms with Crippen molar-refractivity contribution in [3.8, 4) is 0 Å². The summed E-state index contributed by atoms with van der Waals surface area (Å²) in [5, 5.41) is 0. The molecule has 0 bridgehead atoms. The third-order valence-electron chi connectivity index (χ3n) is 5.69. The predicted octanol–water partition coefficient (Wildman–Crippen LogP) is 2.21. The number of aromatic nitrogens is 2. The van der Waals surface area contributed by atoms with E-state index in [-0.39, 0.29) is 6.04 Å². The lowest BCUT2D eigenvalue weighted by Gasteiger charge is -2.32. The van der Waals surface area contributed by atoms with E-state index in [1.165, 1.54) is 24.8 Å². The first-order chi connectivity index (χ1) is 12.2. The van der Waals surface area contributed by atoms with Gasteiger partial charge in [-0.2, -0.15) is 0 Å². The zero-order chi connectivity index (χ0) is 17.2. The van der Waals surface area contributed by atoms with E-state index in [0.717, 1.165) is 37.8 Å². The van der Waals surface area contributed by atoms with E-state index in [1.807, 2.05) is 0 Å². The normalized spacial score (nSPS) is 32.3. The molecule has 3 fully saturated rings. The Balaban J connectivity index is 1.52. The second-order valence-corrected chi connectivity index (χ2v) is 7.75. The van der Waals surface area contributed by atoms with Crippen LogP contribution in [0, 0.1) is 11.8 Å². The van der Waals surface area contributed by atoms with E-state index in [0.29, 0.717) is 17.9 Å². The molecule has 1 aliphatic carbocycles. The third kappa shape index (κ3) is 3.71. The van der Waals surface area contributed by atoms with Crippen molar-refractivity contribution < 1.29 is 4.74 Å². The molecule has 0 aromatic carbocycles. The number of hydrogen-bond donors (Lipinski definition) is 2. The second kappa shape index (κ2) is 7.40. The van der Waals surface area contributed by atoms with Gasteiger partial charge in [-0.25, -0.2) is 15.4 Å². The van der Waals surface area contributed by atoms with Crippen molar-refractivity contribution in [3.63, 3.8) is 0 Å². The number of hydrogen-bond acceptors (Lipinski definition) is 6. The molecule has 2 aliphatic heterocycles. The molecule has 0 amide bonds. The number of morpholine rings is 1. The highest BCUT2D eigenvalue weighted by Crippen LogP contribution is 2.40. The highest BCUT2D eigenvalue weighted by Gasteiger charge is 2.41. The molecule has 0 radical (unpaired) electrons. The van der Waals surface area contributed by atoms with Gasteiger partial charge in [0.25, 0.3) is 0 Å². The summed E-state index contributed by atoms with van der Waals surface area (Å²) in [5.74, 6) is 2.30. The van der Waals surface area contributed by atoms with Crippen LogP contribution in [0.15, 0.2) is 24.0 Å². The minimum Gasteiger partial charge on any atom is -0.378 e. The molecule has 2 saturated heterocycles. The van der Waals surface area contributed by atoms with Crippen LogP contribution >= 0.6 is 0 Å². The van der Waals surface area contributed by atoms with Crippen LogP contribution in [0.25, 0.3) is 0 Å². The van der Waals surface area contributed by atoms with E-state index in [1.54, 1.807) is 6.33 Å². The van der Waals surface area contributed by atoms with Gasteiger partial charge in [0.15, 0.2) is 0 Å². The second-order valence-electron chi connectivity index (χ2n) is 7.75. The highest BCUT2D eigenvalue weighted by molar-refractivity contribution is 5.40. The van der Waals surface area contributed by atoms with Crippen molar-refractivity contribution in [2.24, 2.45) is 11.8 Å². The lowest BCUT2D eigenvalue weighted by Crippen LogP contribution is -2.37. The van der Waals surface area contributed by atoms with Gasteiger partial charge in [-0.05, 0) is 44.9 Å².